The number of aromatic nitrogens is 1. The predicted octanol–water partition coefficient (Wildman–Crippen LogP) is 1.07. The summed E-state index contributed by atoms with van der Waals surface area (Å²) in [5.41, 5.74) is 0.472. The second kappa shape index (κ2) is 6.94. The van der Waals surface area contributed by atoms with Crippen LogP contribution in [0.2, 0.25) is 0 Å². The number of hydrogen-bond acceptors (Lipinski definition) is 3. The van der Waals surface area contributed by atoms with Crippen LogP contribution in [0.25, 0.3) is 0 Å². The summed E-state index contributed by atoms with van der Waals surface area (Å²) >= 11 is 0. The summed E-state index contributed by atoms with van der Waals surface area (Å²) in [4.78, 5) is 24.6. The number of carbonyl (C=O) groups excluding carboxylic acids is 1. The lowest BCUT2D eigenvalue weighted by molar-refractivity contribution is -0.142. The molecule has 6 heteroatoms. The predicted molar refractivity (Wildman–Crippen MR) is 70.1 cm³/mol. The van der Waals surface area contributed by atoms with Crippen LogP contribution in [0.3, 0.4) is 0 Å². The average Bonchev–Trinajstić information content (AvgIpc) is 2.83. The summed E-state index contributed by atoms with van der Waals surface area (Å²) in [6.07, 6.45) is 2.15. The fraction of sp³-hybridized carbons (Fsp3) is 0.538. The zero-order chi connectivity index (χ0) is 14.4. The first-order valence-electron chi connectivity index (χ1n) is 6.17. The van der Waals surface area contributed by atoms with Gasteiger partial charge in [0.15, 0.2) is 0 Å². The minimum atomic E-state index is -0.992. The number of likely N-dealkylation sites (N-methyl/N-ethyl adjacent to an activating group) is 1. The third kappa shape index (κ3) is 3.57. The van der Waals surface area contributed by atoms with Crippen molar-refractivity contribution in [2.45, 2.75) is 25.9 Å². The summed E-state index contributed by atoms with van der Waals surface area (Å²) in [6.45, 7) is 2.80. The summed E-state index contributed by atoms with van der Waals surface area (Å²) in [7, 11) is 3.10. The molecule has 0 fully saturated rings. The van der Waals surface area contributed by atoms with Gasteiger partial charge in [-0.15, -0.1) is 0 Å². The van der Waals surface area contributed by atoms with Gasteiger partial charge in [0.2, 0.25) is 0 Å². The number of amides is 1. The Hall–Kier alpha value is -1.82. The minimum Gasteiger partial charge on any atom is -0.480 e. The Balaban J connectivity index is 2.87. The molecule has 0 radical (unpaired) electrons. The highest BCUT2D eigenvalue weighted by Gasteiger charge is 2.26. The van der Waals surface area contributed by atoms with Gasteiger partial charge < -0.3 is 19.3 Å². The van der Waals surface area contributed by atoms with Crippen LogP contribution in [-0.2, 0) is 16.1 Å². The van der Waals surface area contributed by atoms with Crippen LogP contribution in [-0.4, -0.2) is 53.3 Å². The van der Waals surface area contributed by atoms with Crippen molar-refractivity contribution in [3.8, 4) is 0 Å². The zero-order valence-corrected chi connectivity index (χ0v) is 11.5. The lowest BCUT2D eigenvalue weighted by Crippen LogP contribution is -2.42. The quantitative estimate of drug-likeness (QED) is 0.803. The number of carboxylic acid groups (broad SMARTS) is 1. The summed E-state index contributed by atoms with van der Waals surface area (Å²) in [5, 5.41) is 9.08. The molecule has 0 spiro atoms. The molecular weight excluding hydrogens is 248 g/mol. The maximum Gasteiger partial charge on any atom is 0.326 e. The molecule has 1 unspecified atom stereocenters. The molecule has 1 rings (SSSR count). The molecule has 0 aromatic carbocycles. The topological polar surface area (TPSA) is 71.8 Å². The van der Waals surface area contributed by atoms with E-state index in [2.05, 4.69) is 0 Å². The zero-order valence-electron chi connectivity index (χ0n) is 11.5. The summed E-state index contributed by atoms with van der Waals surface area (Å²) in [5.74, 6) is -1.29. The van der Waals surface area contributed by atoms with Gasteiger partial charge in [-0.1, -0.05) is 6.92 Å². The van der Waals surface area contributed by atoms with Crippen molar-refractivity contribution in [2.24, 2.45) is 0 Å². The van der Waals surface area contributed by atoms with Crippen LogP contribution in [0.15, 0.2) is 18.3 Å². The second-order valence-electron chi connectivity index (χ2n) is 4.26. The molecule has 0 saturated carbocycles. The SMILES string of the molecule is CCC(C(=O)O)N(C)C(=O)c1cccn1CCOC. The van der Waals surface area contributed by atoms with E-state index >= 15 is 0 Å². The highest BCUT2D eigenvalue weighted by Crippen LogP contribution is 2.10. The van der Waals surface area contributed by atoms with Crippen LogP contribution in [0.5, 0.6) is 0 Å². The molecule has 1 amide bonds. The number of nitrogens with zero attached hydrogens (tertiary/aromatic N) is 2. The molecular formula is C13H20N2O4. The third-order valence-electron chi connectivity index (χ3n) is 3.04. The van der Waals surface area contributed by atoms with Gasteiger partial charge >= 0.3 is 5.97 Å². The fourth-order valence-electron chi connectivity index (χ4n) is 1.93. The number of ether oxygens (including phenoxy) is 1. The molecule has 1 heterocycles. The highest BCUT2D eigenvalue weighted by molar-refractivity contribution is 5.95. The van der Waals surface area contributed by atoms with E-state index in [1.807, 2.05) is 0 Å². The van der Waals surface area contributed by atoms with Crippen LogP contribution >= 0.6 is 0 Å². The van der Waals surface area contributed by atoms with Gasteiger partial charge in [-0.2, -0.15) is 0 Å². The second-order valence-corrected chi connectivity index (χ2v) is 4.26. The van der Waals surface area contributed by atoms with Crippen LogP contribution in [0, 0.1) is 0 Å². The van der Waals surface area contributed by atoms with E-state index in [4.69, 9.17) is 9.84 Å². The normalized spacial score (nSPS) is 12.2. The van der Waals surface area contributed by atoms with E-state index < -0.39 is 12.0 Å². The van der Waals surface area contributed by atoms with Crippen LogP contribution in [0.4, 0.5) is 0 Å². The number of carboxylic acids is 1. The monoisotopic (exact) mass is 268 g/mol. The lowest BCUT2D eigenvalue weighted by Gasteiger charge is -2.24. The van der Waals surface area contributed by atoms with Crippen molar-refractivity contribution in [3.63, 3.8) is 0 Å². The Morgan fingerprint density at radius 3 is 2.74 bits per heavy atom. The lowest BCUT2D eigenvalue weighted by atomic mass is 10.2. The molecule has 106 valence electrons. The Kier molecular flexibility index (Phi) is 5.57. The number of rotatable bonds is 7. The van der Waals surface area contributed by atoms with E-state index in [-0.39, 0.29) is 5.91 Å². The van der Waals surface area contributed by atoms with Crippen molar-refractivity contribution in [2.75, 3.05) is 20.8 Å². The Morgan fingerprint density at radius 1 is 1.53 bits per heavy atom. The molecule has 0 aliphatic carbocycles. The van der Waals surface area contributed by atoms with Gasteiger partial charge in [0.1, 0.15) is 11.7 Å². The van der Waals surface area contributed by atoms with Crippen molar-refractivity contribution < 1.29 is 19.4 Å². The molecule has 0 bridgehead atoms. The first-order valence-corrected chi connectivity index (χ1v) is 6.17. The first kappa shape index (κ1) is 15.2. The van der Waals surface area contributed by atoms with Gasteiger partial charge in [0.25, 0.3) is 5.91 Å². The maximum atomic E-state index is 12.3. The van der Waals surface area contributed by atoms with Crippen LogP contribution < -0.4 is 0 Å². The van der Waals surface area contributed by atoms with E-state index in [1.54, 1.807) is 36.9 Å². The largest absolute Gasteiger partial charge is 0.480 e. The average molecular weight is 268 g/mol. The fourth-order valence-corrected chi connectivity index (χ4v) is 1.93. The molecule has 6 nitrogen and oxygen atoms in total. The number of carbonyl (C=O) groups is 2. The molecule has 0 saturated heterocycles. The molecule has 19 heavy (non-hydrogen) atoms. The van der Waals surface area contributed by atoms with Crippen molar-refractivity contribution in [3.05, 3.63) is 24.0 Å². The Labute approximate surface area is 112 Å². The van der Waals surface area contributed by atoms with E-state index in [0.717, 1.165) is 0 Å². The van der Waals surface area contributed by atoms with Gasteiger partial charge in [0, 0.05) is 26.9 Å². The first-order chi connectivity index (χ1) is 9.02. The van der Waals surface area contributed by atoms with E-state index in [0.29, 0.717) is 25.3 Å². The number of methoxy groups -OCH3 is 1. The van der Waals surface area contributed by atoms with Gasteiger partial charge in [0.05, 0.1) is 6.61 Å². The van der Waals surface area contributed by atoms with E-state index in [1.165, 1.54) is 11.9 Å². The molecule has 1 aromatic rings. The van der Waals surface area contributed by atoms with Gasteiger partial charge in [-0.3, -0.25) is 4.79 Å². The van der Waals surface area contributed by atoms with Gasteiger partial charge in [-0.05, 0) is 18.6 Å². The molecule has 0 aliphatic rings. The maximum absolute atomic E-state index is 12.3. The van der Waals surface area contributed by atoms with Crippen molar-refractivity contribution in [1.82, 2.24) is 9.47 Å². The molecule has 0 aliphatic heterocycles. The highest BCUT2D eigenvalue weighted by atomic mass is 16.5. The standard InChI is InChI=1S/C13H20N2O4/c1-4-10(13(17)18)14(2)12(16)11-6-5-7-15(11)8-9-19-3/h5-7,10H,4,8-9H2,1-3H3,(H,17,18). The van der Waals surface area contributed by atoms with Gasteiger partial charge in [-0.25, -0.2) is 4.79 Å². The van der Waals surface area contributed by atoms with E-state index in [9.17, 15) is 9.59 Å². The number of aliphatic carboxylic acids is 1. The molecule has 1 atom stereocenters. The smallest absolute Gasteiger partial charge is 0.326 e. The minimum absolute atomic E-state index is 0.296. The third-order valence-corrected chi connectivity index (χ3v) is 3.04. The Morgan fingerprint density at radius 2 is 2.21 bits per heavy atom. The van der Waals surface area contributed by atoms with Crippen molar-refractivity contribution >= 4 is 11.9 Å². The summed E-state index contributed by atoms with van der Waals surface area (Å²) < 4.78 is 6.74. The van der Waals surface area contributed by atoms with Crippen LogP contribution in [0.1, 0.15) is 23.8 Å². The molecule has 1 aromatic heterocycles. The number of hydrogen-bond donors (Lipinski definition) is 1. The van der Waals surface area contributed by atoms with Crippen molar-refractivity contribution in [1.29, 1.82) is 0 Å². The Bertz CT molecular complexity index is 442. The summed E-state index contributed by atoms with van der Waals surface area (Å²) in [6, 6.07) is 2.64. The molecule has 1 N–H and O–H groups in total.